The van der Waals surface area contributed by atoms with Crippen LogP contribution < -0.4 is 15.4 Å². The van der Waals surface area contributed by atoms with Crippen molar-refractivity contribution in [3.63, 3.8) is 0 Å². The van der Waals surface area contributed by atoms with Gasteiger partial charge in [0.1, 0.15) is 17.4 Å². The quantitative estimate of drug-likeness (QED) is 0.484. The average Bonchev–Trinajstić information content (AvgIpc) is 3.52. The summed E-state index contributed by atoms with van der Waals surface area (Å²) < 4.78 is 21.5. The predicted molar refractivity (Wildman–Crippen MR) is 119 cm³/mol. The van der Waals surface area contributed by atoms with E-state index in [0.29, 0.717) is 23.3 Å². The van der Waals surface area contributed by atoms with Crippen molar-refractivity contribution in [1.82, 2.24) is 30.0 Å². The van der Waals surface area contributed by atoms with E-state index < -0.39 is 5.82 Å². The van der Waals surface area contributed by atoms with Gasteiger partial charge in [0.2, 0.25) is 0 Å². The van der Waals surface area contributed by atoms with E-state index in [4.69, 9.17) is 4.74 Å². The lowest BCUT2D eigenvalue weighted by atomic mass is 10.1. The standard InChI is InChI=1S/C23H22FN7O/c1-32-19-5-2-4-17(24)22(19)23-26-11-9-18(29-23)15-12-27-31(14-15)21-7-3-6-20(30-21)28-16-8-10-25-13-16/h2-7,9,11-12,14,16,25H,8,10,13H2,1H3,(H,28,30). The topological polar surface area (TPSA) is 89.8 Å². The first-order valence-corrected chi connectivity index (χ1v) is 10.4. The molecule has 1 fully saturated rings. The fourth-order valence-electron chi connectivity index (χ4n) is 3.73. The molecule has 0 aliphatic carbocycles. The van der Waals surface area contributed by atoms with Crippen molar-refractivity contribution >= 4 is 5.82 Å². The Kier molecular flexibility index (Phi) is 5.47. The Bertz CT molecular complexity index is 1240. The SMILES string of the molecule is COc1cccc(F)c1-c1nccc(-c2cnn(-c3cccc(NC4CCNC4)n3)c2)n1. The van der Waals surface area contributed by atoms with Gasteiger partial charge in [-0.1, -0.05) is 12.1 Å². The molecule has 32 heavy (non-hydrogen) atoms. The van der Waals surface area contributed by atoms with Crippen LogP contribution in [0.5, 0.6) is 5.75 Å². The molecule has 0 radical (unpaired) electrons. The van der Waals surface area contributed by atoms with Gasteiger partial charge in [0.15, 0.2) is 11.6 Å². The monoisotopic (exact) mass is 431 g/mol. The van der Waals surface area contributed by atoms with Crippen molar-refractivity contribution < 1.29 is 9.13 Å². The van der Waals surface area contributed by atoms with Crippen LogP contribution in [-0.4, -0.2) is 51.0 Å². The number of hydrogen-bond acceptors (Lipinski definition) is 7. The molecular weight excluding hydrogens is 409 g/mol. The van der Waals surface area contributed by atoms with E-state index in [1.54, 1.807) is 35.3 Å². The van der Waals surface area contributed by atoms with Crippen LogP contribution in [0.1, 0.15) is 6.42 Å². The van der Waals surface area contributed by atoms with Crippen LogP contribution in [-0.2, 0) is 0 Å². The molecule has 5 rings (SSSR count). The molecule has 1 aliphatic rings. The van der Waals surface area contributed by atoms with Crippen LogP contribution in [0.3, 0.4) is 0 Å². The van der Waals surface area contributed by atoms with E-state index in [-0.39, 0.29) is 11.4 Å². The van der Waals surface area contributed by atoms with Gasteiger partial charge < -0.3 is 15.4 Å². The van der Waals surface area contributed by atoms with Crippen LogP contribution in [0.15, 0.2) is 61.1 Å². The third-order valence-corrected chi connectivity index (χ3v) is 5.33. The average molecular weight is 431 g/mol. The van der Waals surface area contributed by atoms with Crippen LogP contribution >= 0.6 is 0 Å². The predicted octanol–water partition coefficient (Wildman–Crippen LogP) is 3.31. The maximum Gasteiger partial charge on any atom is 0.166 e. The summed E-state index contributed by atoms with van der Waals surface area (Å²) in [5.74, 6) is 1.69. The number of nitrogens with zero attached hydrogens (tertiary/aromatic N) is 5. The molecule has 1 unspecified atom stereocenters. The summed E-state index contributed by atoms with van der Waals surface area (Å²) in [4.78, 5) is 13.5. The fourth-order valence-corrected chi connectivity index (χ4v) is 3.73. The molecule has 4 aromatic rings. The third-order valence-electron chi connectivity index (χ3n) is 5.33. The number of ether oxygens (including phenoxy) is 1. The van der Waals surface area contributed by atoms with E-state index in [1.165, 1.54) is 13.2 Å². The second-order valence-electron chi connectivity index (χ2n) is 7.47. The van der Waals surface area contributed by atoms with E-state index >= 15 is 0 Å². The molecule has 4 heterocycles. The molecule has 8 nitrogen and oxygen atoms in total. The van der Waals surface area contributed by atoms with Gasteiger partial charge in [0, 0.05) is 30.5 Å². The van der Waals surface area contributed by atoms with Crippen molar-refractivity contribution in [3.8, 4) is 34.2 Å². The second-order valence-corrected chi connectivity index (χ2v) is 7.47. The Hall–Kier alpha value is -3.85. The number of rotatable bonds is 6. The van der Waals surface area contributed by atoms with Gasteiger partial charge in [-0.3, -0.25) is 0 Å². The van der Waals surface area contributed by atoms with Crippen molar-refractivity contribution in [3.05, 3.63) is 66.9 Å². The molecule has 3 aromatic heterocycles. The van der Waals surface area contributed by atoms with E-state index in [0.717, 1.165) is 30.9 Å². The van der Waals surface area contributed by atoms with Crippen molar-refractivity contribution in [2.24, 2.45) is 0 Å². The van der Waals surface area contributed by atoms with Crippen molar-refractivity contribution in [2.45, 2.75) is 12.5 Å². The molecule has 0 saturated carbocycles. The lowest BCUT2D eigenvalue weighted by molar-refractivity contribution is 0.413. The van der Waals surface area contributed by atoms with Gasteiger partial charge in [-0.05, 0) is 43.3 Å². The highest BCUT2D eigenvalue weighted by Gasteiger charge is 2.17. The lowest BCUT2D eigenvalue weighted by Gasteiger charge is -2.12. The number of pyridine rings is 1. The molecular formula is C23H22FN7O. The molecule has 0 spiro atoms. The number of anilines is 1. The Labute approximate surface area is 184 Å². The molecule has 2 N–H and O–H groups in total. The van der Waals surface area contributed by atoms with Gasteiger partial charge in [0.05, 0.1) is 24.6 Å². The first-order valence-electron chi connectivity index (χ1n) is 10.4. The first-order chi connectivity index (χ1) is 15.7. The summed E-state index contributed by atoms with van der Waals surface area (Å²) >= 11 is 0. The second kappa shape index (κ2) is 8.72. The number of aromatic nitrogens is 5. The largest absolute Gasteiger partial charge is 0.496 e. The Morgan fingerprint density at radius 1 is 1.16 bits per heavy atom. The van der Waals surface area contributed by atoms with Gasteiger partial charge in [-0.2, -0.15) is 5.10 Å². The molecule has 1 atom stereocenters. The van der Waals surface area contributed by atoms with Crippen LogP contribution in [0, 0.1) is 5.82 Å². The molecule has 1 saturated heterocycles. The maximum atomic E-state index is 14.5. The maximum absolute atomic E-state index is 14.5. The molecule has 0 bridgehead atoms. The zero-order chi connectivity index (χ0) is 21.9. The lowest BCUT2D eigenvalue weighted by Crippen LogP contribution is -2.22. The minimum absolute atomic E-state index is 0.228. The normalized spacial score (nSPS) is 15.6. The fraction of sp³-hybridized carbons (Fsp3) is 0.217. The van der Waals surface area contributed by atoms with Crippen molar-refractivity contribution in [2.75, 3.05) is 25.5 Å². The third kappa shape index (κ3) is 4.02. The zero-order valence-electron chi connectivity index (χ0n) is 17.5. The van der Waals surface area contributed by atoms with Gasteiger partial charge in [-0.15, -0.1) is 0 Å². The number of benzene rings is 1. The summed E-state index contributed by atoms with van der Waals surface area (Å²) in [6.45, 7) is 1.94. The minimum Gasteiger partial charge on any atom is -0.496 e. The molecule has 1 aliphatic heterocycles. The minimum atomic E-state index is -0.442. The summed E-state index contributed by atoms with van der Waals surface area (Å²) in [6, 6.07) is 12.6. The number of hydrogen-bond donors (Lipinski definition) is 2. The molecule has 9 heteroatoms. The van der Waals surface area contributed by atoms with Gasteiger partial charge >= 0.3 is 0 Å². The van der Waals surface area contributed by atoms with E-state index in [1.807, 2.05) is 24.4 Å². The summed E-state index contributed by atoms with van der Waals surface area (Å²) in [5, 5.41) is 11.2. The number of halogens is 1. The van der Waals surface area contributed by atoms with E-state index in [2.05, 4.69) is 30.7 Å². The van der Waals surface area contributed by atoms with Gasteiger partial charge in [0.25, 0.3) is 0 Å². The summed E-state index contributed by atoms with van der Waals surface area (Å²) in [5.41, 5.74) is 1.62. The van der Waals surface area contributed by atoms with Crippen LogP contribution in [0.2, 0.25) is 0 Å². The Balaban J connectivity index is 1.43. The Morgan fingerprint density at radius 2 is 2.06 bits per heavy atom. The number of methoxy groups -OCH3 is 1. The summed E-state index contributed by atoms with van der Waals surface area (Å²) in [7, 11) is 1.49. The molecule has 0 amide bonds. The van der Waals surface area contributed by atoms with Crippen LogP contribution in [0.4, 0.5) is 10.2 Å². The highest BCUT2D eigenvalue weighted by Crippen LogP contribution is 2.31. The van der Waals surface area contributed by atoms with Crippen LogP contribution in [0.25, 0.3) is 28.5 Å². The smallest absolute Gasteiger partial charge is 0.166 e. The molecule has 1 aromatic carbocycles. The highest BCUT2D eigenvalue weighted by atomic mass is 19.1. The van der Waals surface area contributed by atoms with E-state index in [9.17, 15) is 4.39 Å². The van der Waals surface area contributed by atoms with Gasteiger partial charge in [-0.25, -0.2) is 24.0 Å². The number of nitrogens with one attached hydrogen (secondary N) is 2. The first kappa shape index (κ1) is 20.1. The van der Waals surface area contributed by atoms with Crippen molar-refractivity contribution in [1.29, 1.82) is 0 Å². The highest BCUT2D eigenvalue weighted by molar-refractivity contribution is 5.68. The molecule has 162 valence electrons. The Morgan fingerprint density at radius 3 is 2.91 bits per heavy atom. The zero-order valence-corrected chi connectivity index (χ0v) is 17.5. The summed E-state index contributed by atoms with van der Waals surface area (Å²) in [6.07, 6.45) is 6.21.